The van der Waals surface area contributed by atoms with Gasteiger partial charge in [0.15, 0.2) is 0 Å². The fourth-order valence-electron chi connectivity index (χ4n) is 3.42. The van der Waals surface area contributed by atoms with Crippen molar-refractivity contribution in [2.75, 3.05) is 18.5 Å². The number of hydrogen-bond acceptors (Lipinski definition) is 3. The Labute approximate surface area is 147 Å². The number of hydrogen-bond donors (Lipinski definition) is 1. The Morgan fingerprint density at radius 1 is 1.38 bits per heavy atom. The standard InChI is InChI=1S/C20H25NO2S/c1-5-21(4)14-8-6-7-13(11-14)18-17(19(22)23)15-12-20(2,3)10-9-16(15)24-18/h6-8,11H,5,9-10,12H2,1-4H3,(H,22,23). The van der Waals surface area contributed by atoms with E-state index in [-0.39, 0.29) is 5.41 Å². The molecule has 0 radical (unpaired) electrons. The highest BCUT2D eigenvalue weighted by molar-refractivity contribution is 7.16. The number of fused-ring (bicyclic) bond motifs is 1. The molecule has 1 aromatic carbocycles. The zero-order valence-corrected chi connectivity index (χ0v) is 15.7. The summed E-state index contributed by atoms with van der Waals surface area (Å²) in [4.78, 5) is 16.4. The second kappa shape index (κ2) is 6.25. The van der Waals surface area contributed by atoms with Crippen molar-refractivity contribution in [1.82, 2.24) is 0 Å². The number of aryl methyl sites for hydroxylation is 1. The minimum absolute atomic E-state index is 0.180. The average molecular weight is 343 g/mol. The highest BCUT2D eigenvalue weighted by Gasteiger charge is 2.32. The third-order valence-electron chi connectivity index (χ3n) is 5.01. The molecule has 0 amide bonds. The molecule has 3 nitrogen and oxygen atoms in total. The predicted molar refractivity (Wildman–Crippen MR) is 101 cm³/mol. The molecule has 0 saturated carbocycles. The summed E-state index contributed by atoms with van der Waals surface area (Å²) in [6, 6.07) is 8.23. The number of carbonyl (C=O) groups is 1. The molecule has 1 aliphatic carbocycles. The van der Waals surface area contributed by atoms with Crippen LogP contribution in [0.4, 0.5) is 5.69 Å². The smallest absolute Gasteiger partial charge is 0.337 e. The fourth-order valence-corrected chi connectivity index (χ4v) is 4.72. The lowest BCUT2D eigenvalue weighted by atomic mass is 9.76. The molecule has 4 heteroatoms. The van der Waals surface area contributed by atoms with E-state index in [0.717, 1.165) is 47.5 Å². The van der Waals surface area contributed by atoms with Gasteiger partial charge in [0.05, 0.1) is 5.56 Å². The summed E-state index contributed by atoms with van der Waals surface area (Å²) in [5.41, 5.74) is 3.91. The second-order valence-electron chi connectivity index (χ2n) is 7.42. The van der Waals surface area contributed by atoms with Gasteiger partial charge in [-0.1, -0.05) is 26.0 Å². The van der Waals surface area contributed by atoms with E-state index in [9.17, 15) is 9.90 Å². The van der Waals surface area contributed by atoms with Crippen LogP contribution in [-0.2, 0) is 12.8 Å². The quantitative estimate of drug-likeness (QED) is 0.841. The van der Waals surface area contributed by atoms with Gasteiger partial charge < -0.3 is 10.0 Å². The highest BCUT2D eigenvalue weighted by Crippen LogP contribution is 2.45. The molecule has 1 N–H and O–H groups in total. The van der Waals surface area contributed by atoms with Gasteiger partial charge >= 0.3 is 5.97 Å². The van der Waals surface area contributed by atoms with E-state index in [1.807, 2.05) is 12.1 Å². The monoisotopic (exact) mass is 343 g/mol. The maximum Gasteiger partial charge on any atom is 0.337 e. The number of benzene rings is 1. The van der Waals surface area contributed by atoms with Crippen LogP contribution in [0.3, 0.4) is 0 Å². The van der Waals surface area contributed by atoms with E-state index in [0.29, 0.717) is 5.56 Å². The highest BCUT2D eigenvalue weighted by atomic mass is 32.1. The molecule has 1 aliphatic rings. The zero-order chi connectivity index (χ0) is 17.5. The maximum absolute atomic E-state index is 12.0. The molecule has 0 bridgehead atoms. The van der Waals surface area contributed by atoms with Crippen molar-refractivity contribution in [1.29, 1.82) is 0 Å². The summed E-state index contributed by atoms with van der Waals surface area (Å²) < 4.78 is 0. The lowest BCUT2D eigenvalue weighted by Gasteiger charge is -2.29. The minimum atomic E-state index is -0.797. The third-order valence-corrected chi connectivity index (χ3v) is 6.35. The van der Waals surface area contributed by atoms with Crippen LogP contribution in [0, 0.1) is 5.41 Å². The topological polar surface area (TPSA) is 40.5 Å². The van der Waals surface area contributed by atoms with Gasteiger partial charge in [-0.05, 0) is 54.9 Å². The lowest BCUT2D eigenvalue weighted by Crippen LogP contribution is -2.22. The molecule has 0 aliphatic heterocycles. The molecule has 24 heavy (non-hydrogen) atoms. The first kappa shape index (κ1) is 17.0. The average Bonchev–Trinajstić information content (AvgIpc) is 2.91. The molecule has 0 atom stereocenters. The Morgan fingerprint density at radius 2 is 2.12 bits per heavy atom. The van der Waals surface area contributed by atoms with Gasteiger partial charge in [0.25, 0.3) is 0 Å². The number of anilines is 1. The number of aromatic carboxylic acids is 1. The molecule has 1 heterocycles. The van der Waals surface area contributed by atoms with Gasteiger partial charge in [-0.2, -0.15) is 0 Å². The van der Waals surface area contributed by atoms with Gasteiger partial charge in [-0.25, -0.2) is 4.79 Å². The van der Waals surface area contributed by atoms with Crippen LogP contribution >= 0.6 is 11.3 Å². The summed E-state index contributed by atoms with van der Waals surface area (Å²) in [5.74, 6) is -0.797. The number of nitrogens with zero attached hydrogens (tertiary/aromatic N) is 1. The van der Waals surface area contributed by atoms with Gasteiger partial charge in [0, 0.05) is 29.0 Å². The first-order valence-electron chi connectivity index (χ1n) is 8.52. The van der Waals surface area contributed by atoms with E-state index in [2.05, 4.69) is 44.9 Å². The number of rotatable bonds is 4. The van der Waals surface area contributed by atoms with Crippen molar-refractivity contribution in [3.8, 4) is 10.4 Å². The number of thiophene rings is 1. The first-order valence-corrected chi connectivity index (χ1v) is 9.33. The van der Waals surface area contributed by atoms with E-state index >= 15 is 0 Å². The van der Waals surface area contributed by atoms with Gasteiger partial charge in [0.2, 0.25) is 0 Å². The van der Waals surface area contributed by atoms with E-state index in [4.69, 9.17) is 0 Å². The Balaban J connectivity index is 2.13. The predicted octanol–water partition coefficient (Wildman–Crippen LogP) is 5.08. The number of carboxylic acids is 1. The van der Waals surface area contributed by atoms with E-state index < -0.39 is 5.97 Å². The summed E-state index contributed by atoms with van der Waals surface area (Å²) in [6.45, 7) is 7.50. The van der Waals surface area contributed by atoms with E-state index in [1.54, 1.807) is 11.3 Å². The SMILES string of the molecule is CCN(C)c1cccc(-c2sc3c(c2C(=O)O)CC(C)(C)CC3)c1. The summed E-state index contributed by atoms with van der Waals surface area (Å²) in [6.07, 6.45) is 2.97. The summed E-state index contributed by atoms with van der Waals surface area (Å²) in [7, 11) is 2.05. The summed E-state index contributed by atoms with van der Waals surface area (Å²) in [5, 5.41) is 9.86. The van der Waals surface area contributed by atoms with Crippen molar-refractivity contribution in [2.45, 2.75) is 40.0 Å². The molecule has 2 aromatic rings. The first-order chi connectivity index (χ1) is 11.3. The van der Waals surface area contributed by atoms with Crippen molar-refractivity contribution < 1.29 is 9.90 Å². The van der Waals surface area contributed by atoms with Crippen molar-refractivity contribution in [3.05, 3.63) is 40.3 Å². The second-order valence-corrected chi connectivity index (χ2v) is 8.52. The van der Waals surface area contributed by atoms with Crippen molar-refractivity contribution in [3.63, 3.8) is 0 Å². The minimum Gasteiger partial charge on any atom is -0.478 e. The van der Waals surface area contributed by atoms with Crippen LogP contribution < -0.4 is 4.90 Å². The summed E-state index contributed by atoms with van der Waals surface area (Å²) >= 11 is 1.67. The molecular formula is C20H25NO2S. The molecule has 3 rings (SSSR count). The Kier molecular flexibility index (Phi) is 4.43. The molecule has 128 valence electrons. The van der Waals surface area contributed by atoms with Crippen molar-refractivity contribution in [2.24, 2.45) is 5.41 Å². The van der Waals surface area contributed by atoms with Gasteiger partial charge in [-0.3, -0.25) is 0 Å². The normalized spacial score (nSPS) is 15.8. The molecule has 0 saturated heterocycles. The Hall–Kier alpha value is -1.81. The molecular weight excluding hydrogens is 318 g/mol. The Morgan fingerprint density at radius 3 is 2.79 bits per heavy atom. The van der Waals surface area contributed by atoms with Gasteiger partial charge in [-0.15, -0.1) is 11.3 Å². The lowest BCUT2D eigenvalue weighted by molar-refractivity contribution is 0.0696. The van der Waals surface area contributed by atoms with Crippen LogP contribution in [0.15, 0.2) is 24.3 Å². The van der Waals surface area contributed by atoms with Crippen LogP contribution in [-0.4, -0.2) is 24.7 Å². The molecule has 0 fully saturated rings. The fraction of sp³-hybridized carbons (Fsp3) is 0.450. The van der Waals surface area contributed by atoms with E-state index in [1.165, 1.54) is 4.88 Å². The number of carboxylic acid groups (broad SMARTS) is 1. The van der Waals surface area contributed by atoms with Gasteiger partial charge in [0.1, 0.15) is 0 Å². The van der Waals surface area contributed by atoms with Crippen LogP contribution in [0.25, 0.3) is 10.4 Å². The zero-order valence-electron chi connectivity index (χ0n) is 14.8. The third kappa shape index (κ3) is 3.07. The van der Waals surface area contributed by atoms with Crippen molar-refractivity contribution >= 4 is 23.0 Å². The molecule has 0 spiro atoms. The maximum atomic E-state index is 12.0. The largest absolute Gasteiger partial charge is 0.478 e. The van der Waals surface area contributed by atoms with Crippen LogP contribution in [0.5, 0.6) is 0 Å². The Bertz CT molecular complexity index is 776. The molecule has 0 unspecified atom stereocenters. The molecule has 1 aromatic heterocycles. The van der Waals surface area contributed by atoms with Crippen LogP contribution in [0.1, 0.15) is 48.0 Å². The van der Waals surface area contributed by atoms with Crippen LogP contribution in [0.2, 0.25) is 0 Å².